The van der Waals surface area contributed by atoms with E-state index in [9.17, 15) is 9.59 Å². The third kappa shape index (κ3) is 4.97. The molecule has 0 aliphatic rings. The van der Waals surface area contributed by atoms with Crippen LogP contribution in [0.4, 0.5) is 5.69 Å². The number of rotatable bonds is 6. The van der Waals surface area contributed by atoms with Crippen molar-refractivity contribution in [2.24, 2.45) is 0 Å². The topological polar surface area (TPSA) is 75.6 Å². The Morgan fingerprint density at radius 2 is 2.17 bits per heavy atom. The molecule has 2 N–H and O–H groups in total. The maximum Gasteiger partial charge on any atom is 0.313 e. The average molecular weight is 334 g/mol. The quantitative estimate of drug-likeness (QED) is 0.834. The highest BCUT2D eigenvalue weighted by Gasteiger charge is 2.07. The number of carbonyl (C=O) groups excluding carboxylic acids is 1. The molecule has 1 aromatic rings. The van der Waals surface area contributed by atoms with Crippen LogP contribution in [0.5, 0.6) is 5.75 Å². The molecule has 0 aliphatic heterocycles. The zero-order valence-electron chi connectivity index (χ0n) is 9.60. The number of halogens is 1. The normalized spacial score (nSPS) is 9.89. The minimum Gasteiger partial charge on any atom is -0.495 e. The third-order valence-corrected chi connectivity index (χ3v) is 3.47. The van der Waals surface area contributed by atoms with Gasteiger partial charge in [0.05, 0.1) is 23.1 Å². The van der Waals surface area contributed by atoms with Crippen molar-refractivity contribution in [3.8, 4) is 5.75 Å². The van der Waals surface area contributed by atoms with E-state index >= 15 is 0 Å². The van der Waals surface area contributed by atoms with Crippen LogP contribution < -0.4 is 10.1 Å². The SMILES string of the molecule is COc1cc(NC(=O)CSCC(=O)O)ccc1Br. The molecule has 0 fully saturated rings. The van der Waals surface area contributed by atoms with E-state index in [1.165, 1.54) is 7.11 Å². The predicted molar refractivity (Wildman–Crippen MR) is 74.3 cm³/mol. The number of methoxy groups -OCH3 is 1. The number of carbonyl (C=O) groups is 2. The number of carboxylic acid groups (broad SMARTS) is 1. The number of thioether (sulfide) groups is 1. The number of anilines is 1. The number of ether oxygens (including phenoxy) is 1. The summed E-state index contributed by atoms with van der Waals surface area (Å²) in [7, 11) is 1.54. The van der Waals surface area contributed by atoms with Crippen molar-refractivity contribution in [2.45, 2.75) is 0 Å². The summed E-state index contributed by atoms with van der Waals surface area (Å²) in [5.41, 5.74) is 0.607. The van der Waals surface area contributed by atoms with Crippen molar-refractivity contribution in [2.75, 3.05) is 23.9 Å². The van der Waals surface area contributed by atoms with Gasteiger partial charge in [-0.15, -0.1) is 11.8 Å². The molecule has 0 aromatic heterocycles. The summed E-state index contributed by atoms with van der Waals surface area (Å²) in [6.07, 6.45) is 0. The molecule has 0 heterocycles. The molecule has 7 heteroatoms. The molecule has 0 radical (unpaired) electrons. The first-order valence-corrected chi connectivity index (χ1v) is 6.90. The minimum absolute atomic E-state index is 0.0862. The summed E-state index contributed by atoms with van der Waals surface area (Å²) in [5, 5.41) is 11.1. The van der Waals surface area contributed by atoms with Gasteiger partial charge in [-0.3, -0.25) is 9.59 Å². The lowest BCUT2D eigenvalue weighted by molar-refractivity contribution is -0.133. The molecule has 98 valence electrons. The van der Waals surface area contributed by atoms with Crippen LogP contribution in [0.3, 0.4) is 0 Å². The second kappa shape index (κ2) is 7.27. The van der Waals surface area contributed by atoms with E-state index in [-0.39, 0.29) is 17.4 Å². The maximum absolute atomic E-state index is 11.5. The minimum atomic E-state index is -0.932. The van der Waals surface area contributed by atoms with Gasteiger partial charge in [-0.25, -0.2) is 0 Å². The Morgan fingerprint density at radius 1 is 1.44 bits per heavy atom. The Balaban J connectivity index is 2.51. The van der Waals surface area contributed by atoms with E-state index in [0.29, 0.717) is 11.4 Å². The summed E-state index contributed by atoms with van der Waals surface area (Å²) in [4.78, 5) is 21.8. The van der Waals surface area contributed by atoms with Crippen LogP contribution in [0, 0.1) is 0 Å². The van der Waals surface area contributed by atoms with E-state index in [4.69, 9.17) is 9.84 Å². The highest BCUT2D eigenvalue weighted by atomic mass is 79.9. The molecule has 0 saturated carbocycles. The van der Waals surface area contributed by atoms with Crippen molar-refractivity contribution in [3.05, 3.63) is 22.7 Å². The smallest absolute Gasteiger partial charge is 0.313 e. The van der Waals surface area contributed by atoms with Gasteiger partial charge >= 0.3 is 5.97 Å². The number of benzene rings is 1. The number of aliphatic carboxylic acids is 1. The molecular formula is C11H12BrNO4S. The Morgan fingerprint density at radius 3 is 2.78 bits per heavy atom. The van der Waals surface area contributed by atoms with Crippen molar-refractivity contribution < 1.29 is 19.4 Å². The fraction of sp³-hybridized carbons (Fsp3) is 0.273. The summed E-state index contributed by atoms with van der Waals surface area (Å²) >= 11 is 4.36. The average Bonchev–Trinajstić information content (AvgIpc) is 2.31. The molecule has 1 rings (SSSR count). The molecule has 0 bridgehead atoms. The van der Waals surface area contributed by atoms with E-state index in [1.54, 1.807) is 18.2 Å². The molecule has 0 spiro atoms. The van der Waals surface area contributed by atoms with Crippen LogP contribution in [0.1, 0.15) is 0 Å². The zero-order chi connectivity index (χ0) is 13.5. The first kappa shape index (κ1) is 14.8. The van der Waals surface area contributed by atoms with Crippen LogP contribution in [0.2, 0.25) is 0 Å². The van der Waals surface area contributed by atoms with E-state index in [1.807, 2.05) is 0 Å². The molecule has 1 amide bonds. The van der Waals surface area contributed by atoms with Crippen LogP contribution in [-0.2, 0) is 9.59 Å². The lowest BCUT2D eigenvalue weighted by Crippen LogP contribution is -2.15. The van der Waals surface area contributed by atoms with Crippen LogP contribution in [-0.4, -0.2) is 35.6 Å². The van der Waals surface area contributed by atoms with Gasteiger partial charge in [-0.05, 0) is 28.1 Å². The monoisotopic (exact) mass is 333 g/mol. The standard InChI is InChI=1S/C11H12BrNO4S/c1-17-9-4-7(2-3-8(9)12)13-10(14)5-18-6-11(15)16/h2-4H,5-6H2,1H3,(H,13,14)(H,15,16). The molecular weight excluding hydrogens is 322 g/mol. The molecule has 1 aromatic carbocycles. The second-order valence-corrected chi connectivity index (χ2v) is 5.12. The van der Waals surface area contributed by atoms with Crippen molar-refractivity contribution >= 4 is 45.3 Å². The maximum atomic E-state index is 11.5. The summed E-state index contributed by atoms with van der Waals surface area (Å²) < 4.78 is 5.89. The lowest BCUT2D eigenvalue weighted by Gasteiger charge is -2.08. The third-order valence-electron chi connectivity index (χ3n) is 1.89. The molecule has 0 unspecified atom stereocenters. The summed E-state index contributed by atoms with van der Waals surface area (Å²) in [6.45, 7) is 0. The van der Waals surface area contributed by atoms with E-state index < -0.39 is 5.97 Å². The molecule has 0 atom stereocenters. The molecule has 0 saturated heterocycles. The summed E-state index contributed by atoms with van der Waals surface area (Å²) in [6, 6.07) is 5.18. The van der Waals surface area contributed by atoms with Crippen LogP contribution in [0.15, 0.2) is 22.7 Å². The first-order chi connectivity index (χ1) is 8.52. The predicted octanol–water partition coefficient (Wildman–Crippen LogP) is 2.21. The van der Waals surface area contributed by atoms with Gasteiger partial charge in [0.1, 0.15) is 5.75 Å². The number of amides is 1. The second-order valence-electron chi connectivity index (χ2n) is 3.28. The van der Waals surface area contributed by atoms with Crippen LogP contribution in [0.25, 0.3) is 0 Å². The Hall–Kier alpha value is -1.21. The number of hydrogen-bond acceptors (Lipinski definition) is 4. The Bertz CT molecular complexity index is 453. The largest absolute Gasteiger partial charge is 0.495 e. The number of carboxylic acids is 1. The molecule has 0 aliphatic carbocycles. The molecule has 18 heavy (non-hydrogen) atoms. The van der Waals surface area contributed by atoms with Crippen molar-refractivity contribution in [1.29, 1.82) is 0 Å². The fourth-order valence-electron chi connectivity index (χ4n) is 1.17. The molecule has 5 nitrogen and oxygen atoms in total. The van der Waals surface area contributed by atoms with Crippen LogP contribution >= 0.6 is 27.7 Å². The van der Waals surface area contributed by atoms with Gasteiger partial charge in [0.2, 0.25) is 5.91 Å². The Kier molecular flexibility index (Phi) is 6.00. The number of hydrogen-bond donors (Lipinski definition) is 2. The van der Waals surface area contributed by atoms with Gasteiger partial charge in [-0.1, -0.05) is 0 Å². The Labute approximate surface area is 117 Å². The highest BCUT2D eigenvalue weighted by Crippen LogP contribution is 2.27. The van der Waals surface area contributed by atoms with Gasteiger partial charge in [0, 0.05) is 11.8 Å². The zero-order valence-corrected chi connectivity index (χ0v) is 12.0. The van der Waals surface area contributed by atoms with E-state index in [2.05, 4.69) is 21.2 Å². The van der Waals surface area contributed by atoms with Crippen molar-refractivity contribution in [1.82, 2.24) is 0 Å². The van der Waals surface area contributed by atoms with E-state index in [0.717, 1.165) is 16.2 Å². The van der Waals surface area contributed by atoms with Gasteiger partial charge in [-0.2, -0.15) is 0 Å². The lowest BCUT2D eigenvalue weighted by atomic mass is 10.3. The summed E-state index contributed by atoms with van der Waals surface area (Å²) in [5.74, 6) is -0.545. The van der Waals surface area contributed by atoms with Gasteiger partial charge in [0.15, 0.2) is 0 Å². The van der Waals surface area contributed by atoms with Gasteiger partial charge < -0.3 is 15.2 Å². The van der Waals surface area contributed by atoms with Crippen molar-refractivity contribution in [3.63, 3.8) is 0 Å². The first-order valence-electron chi connectivity index (χ1n) is 4.96. The highest BCUT2D eigenvalue weighted by molar-refractivity contribution is 9.10. The van der Waals surface area contributed by atoms with Gasteiger partial charge in [0.25, 0.3) is 0 Å². The number of nitrogens with one attached hydrogen (secondary N) is 1. The fourth-order valence-corrected chi connectivity index (χ4v) is 2.11.